The first-order valence-corrected chi connectivity index (χ1v) is 9.49. The van der Waals surface area contributed by atoms with Crippen LogP contribution in [0.4, 0.5) is 10.5 Å². The van der Waals surface area contributed by atoms with Gasteiger partial charge in [0.1, 0.15) is 12.4 Å². The number of para-hydroxylation sites is 1. The van der Waals surface area contributed by atoms with E-state index in [0.29, 0.717) is 29.7 Å². The van der Waals surface area contributed by atoms with Crippen molar-refractivity contribution in [3.05, 3.63) is 53.6 Å². The van der Waals surface area contributed by atoms with Gasteiger partial charge in [-0.2, -0.15) is 5.26 Å². The fourth-order valence-electron chi connectivity index (χ4n) is 1.98. The van der Waals surface area contributed by atoms with Crippen molar-refractivity contribution in [2.75, 3.05) is 24.2 Å². The van der Waals surface area contributed by atoms with Crippen molar-refractivity contribution in [1.29, 1.82) is 5.26 Å². The zero-order chi connectivity index (χ0) is 18.8. The molecule has 0 spiro atoms. The standard InChI is InChI=1S/C19H20ClN3O2S/c1-14(12-21)13-26-18-5-3-2-4-17(18)23-19(24)22-10-11-25-16-8-6-15(20)7-9-16/h2-9,14H,10-11,13H2,1H3,(H2,22,23,24). The molecule has 2 aromatic carbocycles. The quantitative estimate of drug-likeness (QED) is 0.502. The van der Waals surface area contributed by atoms with Crippen molar-refractivity contribution in [2.24, 2.45) is 5.92 Å². The van der Waals surface area contributed by atoms with Crippen molar-refractivity contribution in [1.82, 2.24) is 5.32 Å². The molecule has 0 aliphatic heterocycles. The second-order valence-corrected chi connectivity index (χ2v) is 7.02. The van der Waals surface area contributed by atoms with Gasteiger partial charge in [0.05, 0.1) is 24.2 Å². The van der Waals surface area contributed by atoms with Gasteiger partial charge in [-0.1, -0.05) is 23.7 Å². The molecule has 2 N–H and O–H groups in total. The molecule has 0 aliphatic carbocycles. The summed E-state index contributed by atoms with van der Waals surface area (Å²) in [5, 5.41) is 15.1. The summed E-state index contributed by atoms with van der Waals surface area (Å²) in [6, 6.07) is 16.5. The fourth-order valence-corrected chi connectivity index (χ4v) is 3.06. The van der Waals surface area contributed by atoms with E-state index < -0.39 is 0 Å². The number of amides is 2. The Morgan fingerprint density at radius 1 is 1.27 bits per heavy atom. The van der Waals surface area contributed by atoms with Gasteiger partial charge in [0.2, 0.25) is 0 Å². The minimum Gasteiger partial charge on any atom is -0.492 e. The third-order valence-electron chi connectivity index (χ3n) is 3.31. The smallest absolute Gasteiger partial charge is 0.319 e. The highest BCUT2D eigenvalue weighted by atomic mass is 35.5. The maximum absolute atomic E-state index is 12.1. The number of nitriles is 1. The molecule has 1 atom stereocenters. The van der Waals surface area contributed by atoms with Gasteiger partial charge in [0.15, 0.2) is 0 Å². The molecule has 2 rings (SSSR count). The number of halogens is 1. The molecule has 5 nitrogen and oxygen atoms in total. The highest BCUT2D eigenvalue weighted by molar-refractivity contribution is 7.99. The zero-order valence-electron chi connectivity index (χ0n) is 14.4. The van der Waals surface area contributed by atoms with Crippen molar-refractivity contribution in [2.45, 2.75) is 11.8 Å². The van der Waals surface area contributed by atoms with Crippen LogP contribution in [0.15, 0.2) is 53.4 Å². The number of anilines is 1. The third-order valence-corrected chi connectivity index (χ3v) is 4.90. The minimum absolute atomic E-state index is 0.0492. The summed E-state index contributed by atoms with van der Waals surface area (Å²) in [5.41, 5.74) is 0.721. The van der Waals surface area contributed by atoms with E-state index in [4.69, 9.17) is 21.6 Å². The van der Waals surface area contributed by atoms with Crippen LogP contribution in [0.2, 0.25) is 5.02 Å². The number of nitrogens with one attached hydrogen (secondary N) is 2. The fraction of sp³-hybridized carbons (Fsp3) is 0.263. The van der Waals surface area contributed by atoms with Gasteiger partial charge < -0.3 is 15.4 Å². The first-order valence-electron chi connectivity index (χ1n) is 8.13. The summed E-state index contributed by atoms with van der Waals surface area (Å²) in [7, 11) is 0. The van der Waals surface area contributed by atoms with Crippen molar-refractivity contribution in [3.63, 3.8) is 0 Å². The minimum atomic E-state index is -0.300. The van der Waals surface area contributed by atoms with E-state index in [1.54, 1.807) is 36.0 Å². The Bertz CT molecular complexity index is 762. The average Bonchev–Trinajstić information content (AvgIpc) is 2.65. The molecule has 0 radical (unpaired) electrons. The molecule has 0 fully saturated rings. The van der Waals surface area contributed by atoms with E-state index >= 15 is 0 Å². The normalized spacial score (nSPS) is 11.3. The maximum atomic E-state index is 12.1. The number of rotatable bonds is 8. The van der Waals surface area contributed by atoms with Gasteiger partial charge in [0, 0.05) is 15.7 Å². The second-order valence-electron chi connectivity index (χ2n) is 5.52. The summed E-state index contributed by atoms with van der Waals surface area (Å²) >= 11 is 7.36. The summed E-state index contributed by atoms with van der Waals surface area (Å²) in [6.45, 7) is 2.59. The lowest BCUT2D eigenvalue weighted by atomic mass is 10.3. The zero-order valence-corrected chi connectivity index (χ0v) is 15.9. The molecule has 0 aromatic heterocycles. The number of benzene rings is 2. The topological polar surface area (TPSA) is 74.2 Å². The number of urea groups is 1. The highest BCUT2D eigenvalue weighted by Gasteiger charge is 2.08. The van der Waals surface area contributed by atoms with Crippen molar-refractivity contribution in [3.8, 4) is 11.8 Å². The van der Waals surface area contributed by atoms with E-state index in [9.17, 15) is 4.79 Å². The number of carbonyl (C=O) groups excluding carboxylic acids is 1. The maximum Gasteiger partial charge on any atom is 0.319 e. The summed E-state index contributed by atoms with van der Waals surface area (Å²) < 4.78 is 5.53. The first kappa shape index (κ1) is 20.0. The molecule has 0 bridgehead atoms. The van der Waals surface area contributed by atoms with E-state index in [1.165, 1.54) is 0 Å². The molecular weight excluding hydrogens is 370 g/mol. The number of ether oxygens (including phenoxy) is 1. The van der Waals surface area contributed by atoms with E-state index in [0.717, 1.165) is 10.6 Å². The predicted molar refractivity (Wildman–Crippen MR) is 106 cm³/mol. The molecular formula is C19H20ClN3O2S. The van der Waals surface area contributed by atoms with Crippen LogP contribution in [0.25, 0.3) is 0 Å². The molecule has 0 saturated heterocycles. The molecule has 2 aromatic rings. The van der Waals surface area contributed by atoms with E-state index in [-0.39, 0.29) is 11.9 Å². The molecule has 1 unspecified atom stereocenters. The molecule has 2 amide bonds. The largest absolute Gasteiger partial charge is 0.492 e. The Morgan fingerprint density at radius 2 is 2.00 bits per heavy atom. The van der Waals surface area contributed by atoms with Crippen molar-refractivity contribution >= 4 is 35.1 Å². The second kappa shape index (κ2) is 10.6. The molecule has 0 aliphatic rings. The Hall–Kier alpha value is -2.36. The van der Waals surface area contributed by atoms with Crippen LogP contribution < -0.4 is 15.4 Å². The Kier molecular flexibility index (Phi) is 8.13. The summed E-state index contributed by atoms with van der Waals surface area (Å²) in [6.07, 6.45) is 0. The lowest BCUT2D eigenvalue weighted by molar-refractivity contribution is 0.247. The molecule has 26 heavy (non-hydrogen) atoms. The Balaban J connectivity index is 1.77. The van der Waals surface area contributed by atoms with Crippen LogP contribution in [0.3, 0.4) is 0 Å². The number of carbonyl (C=O) groups is 1. The van der Waals surface area contributed by atoms with Crippen LogP contribution >= 0.6 is 23.4 Å². The van der Waals surface area contributed by atoms with Crippen LogP contribution in [0, 0.1) is 17.2 Å². The Labute approximate surface area is 162 Å². The van der Waals surface area contributed by atoms with Crippen LogP contribution in [-0.2, 0) is 0 Å². The van der Waals surface area contributed by atoms with Gasteiger partial charge in [-0.05, 0) is 43.3 Å². The average molecular weight is 390 g/mol. The van der Waals surface area contributed by atoms with Crippen LogP contribution in [0.5, 0.6) is 5.75 Å². The summed E-state index contributed by atoms with van der Waals surface area (Å²) in [5.74, 6) is 1.32. The lowest BCUT2D eigenvalue weighted by Gasteiger charge is -2.12. The molecule has 0 heterocycles. The van der Waals surface area contributed by atoms with Crippen molar-refractivity contribution < 1.29 is 9.53 Å². The Morgan fingerprint density at radius 3 is 2.73 bits per heavy atom. The monoisotopic (exact) mass is 389 g/mol. The number of nitrogens with zero attached hydrogens (tertiary/aromatic N) is 1. The van der Waals surface area contributed by atoms with Crippen LogP contribution in [0.1, 0.15) is 6.92 Å². The molecule has 7 heteroatoms. The first-order chi connectivity index (χ1) is 12.6. The summed E-state index contributed by atoms with van der Waals surface area (Å²) in [4.78, 5) is 13.0. The SMILES string of the molecule is CC(C#N)CSc1ccccc1NC(=O)NCCOc1ccc(Cl)cc1. The van der Waals surface area contributed by atoms with Gasteiger partial charge in [-0.3, -0.25) is 0 Å². The van der Waals surface area contributed by atoms with Gasteiger partial charge >= 0.3 is 6.03 Å². The number of hydrogen-bond donors (Lipinski definition) is 2. The van der Waals surface area contributed by atoms with E-state index in [1.807, 2.05) is 31.2 Å². The number of hydrogen-bond acceptors (Lipinski definition) is 4. The molecule has 136 valence electrons. The predicted octanol–water partition coefficient (Wildman–Crippen LogP) is 4.79. The lowest BCUT2D eigenvalue weighted by Crippen LogP contribution is -2.32. The molecule has 0 saturated carbocycles. The third kappa shape index (κ3) is 6.87. The number of thioether (sulfide) groups is 1. The van der Waals surface area contributed by atoms with Crippen LogP contribution in [-0.4, -0.2) is 24.9 Å². The highest BCUT2D eigenvalue weighted by Crippen LogP contribution is 2.28. The van der Waals surface area contributed by atoms with Gasteiger partial charge in [-0.15, -0.1) is 11.8 Å². The van der Waals surface area contributed by atoms with Gasteiger partial charge in [-0.25, -0.2) is 4.79 Å². The van der Waals surface area contributed by atoms with E-state index in [2.05, 4.69) is 16.7 Å². The van der Waals surface area contributed by atoms with Gasteiger partial charge in [0.25, 0.3) is 0 Å².